The molecule has 8 heteroatoms. The Balaban J connectivity index is 1.68. The van der Waals surface area contributed by atoms with Crippen molar-refractivity contribution in [1.82, 2.24) is 20.5 Å². The molecule has 0 bridgehead atoms. The van der Waals surface area contributed by atoms with E-state index in [1.165, 1.54) is 11.1 Å². The number of aliphatic hydroxyl groups excluding tert-OH is 1. The SMILES string of the molecule is O=C(N[C@H]1C[C@H]2C(=O)N[C@H](CO)C(=O)N2C1)c1cccnc1. The summed E-state index contributed by atoms with van der Waals surface area (Å²) < 4.78 is 0. The number of fused-ring (bicyclic) bond motifs is 1. The molecule has 2 saturated heterocycles. The lowest BCUT2D eigenvalue weighted by molar-refractivity contribution is -0.148. The van der Waals surface area contributed by atoms with E-state index in [1.807, 2.05) is 0 Å². The van der Waals surface area contributed by atoms with Gasteiger partial charge in [0.15, 0.2) is 0 Å². The molecular formula is C14H16N4O4. The fraction of sp³-hybridized carbons (Fsp3) is 0.429. The van der Waals surface area contributed by atoms with Crippen LogP contribution < -0.4 is 10.6 Å². The van der Waals surface area contributed by atoms with Crippen LogP contribution in [0.25, 0.3) is 0 Å². The lowest BCUT2D eigenvalue weighted by Gasteiger charge is -2.33. The average Bonchev–Trinajstić information content (AvgIpc) is 2.96. The summed E-state index contributed by atoms with van der Waals surface area (Å²) in [5.41, 5.74) is 0.427. The molecule has 22 heavy (non-hydrogen) atoms. The smallest absolute Gasteiger partial charge is 0.253 e. The molecule has 1 aromatic heterocycles. The molecular weight excluding hydrogens is 288 g/mol. The van der Waals surface area contributed by atoms with Gasteiger partial charge in [-0.25, -0.2) is 0 Å². The van der Waals surface area contributed by atoms with E-state index in [0.29, 0.717) is 12.0 Å². The van der Waals surface area contributed by atoms with Gasteiger partial charge in [-0.2, -0.15) is 0 Å². The van der Waals surface area contributed by atoms with Gasteiger partial charge in [0, 0.05) is 25.0 Å². The molecule has 116 valence electrons. The van der Waals surface area contributed by atoms with Gasteiger partial charge in [-0.15, -0.1) is 0 Å². The van der Waals surface area contributed by atoms with E-state index in [4.69, 9.17) is 5.11 Å². The molecule has 0 spiro atoms. The fourth-order valence-corrected chi connectivity index (χ4v) is 2.85. The maximum Gasteiger partial charge on any atom is 0.253 e. The van der Waals surface area contributed by atoms with Crippen LogP contribution in [0.4, 0.5) is 0 Å². The molecule has 0 radical (unpaired) electrons. The summed E-state index contributed by atoms with van der Waals surface area (Å²) >= 11 is 0. The third kappa shape index (κ3) is 2.52. The zero-order valence-electron chi connectivity index (χ0n) is 11.7. The first-order valence-corrected chi connectivity index (χ1v) is 7.02. The van der Waals surface area contributed by atoms with E-state index >= 15 is 0 Å². The fourth-order valence-electron chi connectivity index (χ4n) is 2.85. The largest absolute Gasteiger partial charge is 0.394 e. The van der Waals surface area contributed by atoms with E-state index in [2.05, 4.69) is 15.6 Å². The number of piperazine rings is 1. The molecule has 3 heterocycles. The standard InChI is InChI=1S/C14H16N4O4/c19-7-10-14(22)18-6-9(4-11(18)13(21)17-10)16-12(20)8-2-1-3-15-5-8/h1-3,5,9-11,19H,4,6-7H2,(H,16,20)(H,17,21)/t9-,10+,11-/m0/s1. The van der Waals surface area contributed by atoms with Gasteiger partial charge in [-0.1, -0.05) is 0 Å². The predicted octanol–water partition coefficient (Wildman–Crippen LogP) is -1.73. The number of carbonyl (C=O) groups excluding carboxylic acids is 3. The van der Waals surface area contributed by atoms with Crippen molar-refractivity contribution in [2.75, 3.05) is 13.2 Å². The van der Waals surface area contributed by atoms with Crippen LogP contribution in [-0.4, -0.2) is 64.0 Å². The second kappa shape index (κ2) is 5.72. The molecule has 8 nitrogen and oxygen atoms in total. The molecule has 2 fully saturated rings. The lowest BCUT2D eigenvalue weighted by Crippen LogP contribution is -2.62. The third-order valence-electron chi connectivity index (χ3n) is 3.94. The lowest BCUT2D eigenvalue weighted by atomic mass is 10.1. The van der Waals surface area contributed by atoms with Crippen molar-refractivity contribution in [3.8, 4) is 0 Å². The van der Waals surface area contributed by atoms with Crippen molar-refractivity contribution in [2.45, 2.75) is 24.5 Å². The maximum absolute atomic E-state index is 12.1. The Morgan fingerprint density at radius 1 is 1.50 bits per heavy atom. The molecule has 3 atom stereocenters. The number of nitrogens with one attached hydrogen (secondary N) is 2. The van der Waals surface area contributed by atoms with Gasteiger partial charge in [-0.05, 0) is 18.6 Å². The van der Waals surface area contributed by atoms with E-state index < -0.39 is 18.7 Å². The summed E-state index contributed by atoms with van der Waals surface area (Å²) in [7, 11) is 0. The van der Waals surface area contributed by atoms with Crippen LogP contribution in [0.15, 0.2) is 24.5 Å². The summed E-state index contributed by atoms with van der Waals surface area (Å²) in [5.74, 6) is -0.897. The number of hydrogen-bond acceptors (Lipinski definition) is 5. The summed E-state index contributed by atoms with van der Waals surface area (Å²) in [6.07, 6.45) is 3.39. The molecule has 3 amide bonds. The predicted molar refractivity (Wildman–Crippen MR) is 74.6 cm³/mol. The first kappa shape index (κ1) is 14.5. The van der Waals surface area contributed by atoms with Crippen LogP contribution in [0.3, 0.4) is 0 Å². The van der Waals surface area contributed by atoms with Gasteiger partial charge < -0.3 is 20.6 Å². The normalized spacial score (nSPS) is 27.3. The van der Waals surface area contributed by atoms with Gasteiger partial charge in [0.05, 0.1) is 12.2 Å². The Bertz CT molecular complexity index is 606. The van der Waals surface area contributed by atoms with Crippen LogP contribution in [-0.2, 0) is 9.59 Å². The Morgan fingerprint density at radius 2 is 2.32 bits per heavy atom. The van der Waals surface area contributed by atoms with Crippen molar-refractivity contribution in [1.29, 1.82) is 0 Å². The van der Waals surface area contributed by atoms with Gasteiger partial charge in [-0.3, -0.25) is 19.4 Å². The molecule has 0 aliphatic carbocycles. The summed E-state index contributed by atoms with van der Waals surface area (Å²) in [6, 6.07) is 1.52. The quantitative estimate of drug-likeness (QED) is 0.614. The van der Waals surface area contributed by atoms with Crippen molar-refractivity contribution in [2.24, 2.45) is 0 Å². The average molecular weight is 304 g/mol. The number of pyridine rings is 1. The minimum absolute atomic E-state index is 0.263. The first-order chi connectivity index (χ1) is 10.6. The Morgan fingerprint density at radius 3 is 3.00 bits per heavy atom. The summed E-state index contributed by atoms with van der Waals surface area (Å²) in [4.78, 5) is 41.5. The van der Waals surface area contributed by atoms with Gasteiger partial charge >= 0.3 is 0 Å². The molecule has 2 aliphatic rings. The van der Waals surface area contributed by atoms with Crippen molar-refractivity contribution in [3.05, 3.63) is 30.1 Å². The highest BCUT2D eigenvalue weighted by Gasteiger charge is 2.46. The van der Waals surface area contributed by atoms with E-state index in [9.17, 15) is 14.4 Å². The number of amides is 3. The number of aliphatic hydroxyl groups is 1. The highest BCUT2D eigenvalue weighted by Crippen LogP contribution is 2.22. The van der Waals surface area contributed by atoms with Crippen molar-refractivity contribution < 1.29 is 19.5 Å². The topological polar surface area (TPSA) is 112 Å². The van der Waals surface area contributed by atoms with E-state index in [-0.39, 0.29) is 30.3 Å². The zero-order valence-corrected chi connectivity index (χ0v) is 11.7. The molecule has 2 aliphatic heterocycles. The van der Waals surface area contributed by atoms with Crippen LogP contribution in [0.1, 0.15) is 16.8 Å². The Kier molecular flexibility index (Phi) is 3.76. The highest BCUT2D eigenvalue weighted by atomic mass is 16.3. The zero-order chi connectivity index (χ0) is 15.7. The van der Waals surface area contributed by atoms with Crippen LogP contribution in [0, 0.1) is 0 Å². The molecule has 0 aromatic carbocycles. The minimum Gasteiger partial charge on any atom is -0.394 e. The second-order valence-electron chi connectivity index (χ2n) is 5.40. The number of aromatic nitrogens is 1. The van der Waals surface area contributed by atoms with Crippen molar-refractivity contribution >= 4 is 17.7 Å². The van der Waals surface area contributed by atoms with Crippen LogP contribution in [0.2, 0.25) is 0 Å². The minimum atomic E-state index is -0.892. The van der Waals surface area contributed by atoms with Gasteiger partial charge in [0.1, 0.15) is 12.1 Å². The van der Waals surface area contributed by atoms with E-state index in [1.54, 1.807) is 18.3 Å². The molecule has 0 unspecified atom stereocenters. The van der Waals surface area contributed by atoms with E-state index in [0.717, 1.165) is 0 Å². The maximum atomic E-state index is 12.1. The summed E-state index contributed by atoms with van der Waals surface area (Å²) in [5, 5.41) is 14.4. The number of rotatable bonds is 3. The number of hydrogen-bond donors (Lipinski definition) is 3. The highest BCUT2D eigenvalue weighted by molar-refractivity contribution is 5.98. The molecule has 0 saturated carbocycles. The number of nitrogens with zero attached hydrogens (tertiary/aromatic N) is 2. The Labute approximate surface area is 126 Å². The van der Waals surface area contributed by atoms with Gasteiger partial charge in [0.25, 0.3) is 5.91 Å². The monoisotopic (exact) mass is 304 g/mol. The molecule has 3 N–H and O–H groups in total. The van der Waals surface area contributed by atoms with Crippen LogP contribution >= 0.6 is 0 Å². The third-order valence-corrected chi connectivity index (χ3v) is 3.94. The molecule has 1 aromatic rings. The number of carbonyl (C=O) groups is 3. The van der Waals surface area contributed by atoms with Crippen LogP contribution in [0.5, 0.6) is 0 Å². The second-order valence-corrected chi connectivity index (χ2v) is 5.40. The van der Waals surface area contributed by atoms with Gasteiger partial charge in [0.2, 0.25) is 11.8 Å². The molecule has 3 rings (SSSR count). The summed E-state index contributed by atoms with van der Waals surface area (Å²) in [6.45, 7) is -0.167. The Hall–Kier alpha value is -2.48. The van der Waals surface area contributed by atoms with Crippen molar-refractivity contribution in [3.63, 3.8) is 0 Å². The first-order valence-electron chi connectivity index (χ1n) is 7.02.